The molecule has 0 radical (unpaired) electrons. The van der Waals surface area contributed by atoms with E-state index in [1.165, 1.54) is 0 Å². The van der Waals surface area contributed by atoms with Gasteiger partial charge in [-0.05, 0) is 48.0 Å². The molecule has 4 nitrogen and oxygen atoms in total. The number of unbranched alkanes of at least 4 members (excludes halogenated alkanes) is 1. The molecule has 0 aliphatic rings. The zero-order chi connectivity index (χ0) is 14.9. The summed E-state index contributed by atoms with van der Waals surface area (Å²) >= 11 is 0. The van der Waals surface area contributed by atoms with Gasteiger partial charge in [0.2, 0.25) is 0 Å². The van der Waals surface area contributed by atoms with Gasteiger partial charge in [-0.15, -0.1) is 0 Å². The first-order valence-corrected chi connectivity index (χ1v) is 6.26. The first kappa shape index (κ1) is 31.2. The number of hydrogen-bond donors (Lipinski definition) is 4. The molecule has 18 heavy (non-hydrogen) atoms. The summed E-state index contributed by atoms with van der Waals surface area (Å²) in [5.74, 6) is 0. The van der Waals surface area contributed by atoms with Gasteiger partial charge in [0.1, 0.15) is 0 Å². The van der Waals surface area contributed by atoms with Crippen molar-refractivity contribution in [3.05, 3.63) is 0 Å². The van der Waals surface area contributed by atoms with Crippen molar-refractivity contribution in [2.45, 2.75) is 79.6 Å². The summed E-state index contributed by atoms with van der Waals surface area (Å²) in [4.78, 5) is 0. The van der Waals surface area contributed by atoms with Gasteiger partial charge in [-0.1, -0.05) is 13.3 Å². The van der Waals surface area contributed by atoms with Crippen molar-refractivity contribution in [1.29, 1.82) is 0 Å². The number of aliphatic hydroxyl groups excluding tert-OH is 4. The molecule has 0 unspecified atom stereocenters. The van der Waals surface area contributed by atoms with E-state index in [4.69, 9.17) is 20.4 Å². The van der Waals surface area contributed by atoms with Crippen molar-refractivity contribution in [3.63, 3.8) is 0 Å². The molecule has 0 aromatic carbocycles. The summed E-state index contributed by atoms with van der Waals surface area (Å²) in [7, 11) is 0. The third kappa shape index (κ3) is 562. The average molecular weight is 433 g/mol. The fourth-order valence-corrected chi connectivity index (χ4v) is 0.158. The van der Waals surface area contributed by atoms with E-state index >= 15 is 0 Å². The maximum absolute atomic E-state index is 8.07. The summed E-state index contributed by atoms with van der Waals surface area (Å²) in [6.07, 6.45) is 1.54. The van der Waals surface area contributed by atoms with Gasteiger partial charge in [0.05, 0.1) is 0 Å². The van der Waals surface area contributed by atoms with Crippen LogP contribution in [0.3, 0.4) is 0 Å². The van der Waals surface area contributed by atoms with Crippen LogP contribution in [0.2, 0.25) is 0 Å². The third-order valence-corrected chi connectivity index (χ3v) is 0.512. The van der Waals surface area contributed by atoms with Gasteiger partial charge in [0.15, 0.2) is 0 Å². The molecule has 5 heteroatoms. The summed E-state index contributed by atoms with van der Waals surface area (Å²) in [5.41, 5.74) is 0. The summed E-state index contributed by atoms with van der Waals surface area (Å²) in [6.45, 7) is 12.7. The smallest absolute Gasteiger partial charge is 0.0483 e. The van der Waals surface area contributed by atoms with Gasteiger partial charge in [-0.2, -0.15) is 0 Å². The minimum atomic E-state index is -0.167. The van der Waals surface area contributed by atoms with Crippen LogP contribution in [0.1, 0.15) is 61.3 Å². The molecule has 0 heterocycles. The molecule has 0 aliphatic heterocycles. The molecule has 0 fully saturated rings. The van der Waals surface area contributed by atoms with Crippen molar-refractivity contribution in [2.24, 2.45) is 0 Å². The Morgan fingerprint density at radius 1 is 0.722 bits per heavy atom. The van der Waals surface area contributed by atoms with E-state index in [0.29, 0.717) is 6.61 Å². The summed E-state index contributed by atoms with van der Waals surface area (Å²) in [6, 6.07) is 0. The van der Waals surface area contributed by atoms with E-state index < -0.39 is 0 Å². The second-order valence-electron chi connectivity index (χ2n) is 4.36. The zero-order valence-corrected chi connectivity index (χ0v) is 16.7. The molecule has 0 bridgehead atoms. The molecule has 0 rings (SSSR count). The SMILES string of the molecule is CC(C)O.CC(C)O.CC(C)O.CCCCO.[Hf]. The maximum Gasteiger partial charge on any atom is 0.0483 e. The zero-order valence-electron chi connectivity index (χ0n) is 13.1. The Morgan fingerprint density at radius 3 is 0.889 bits per heavy atom. The van der Waals surface area contributed by atoms with Gasteiger partial charge >= 0.3 is 0 Å². The van der Waals surface area contributed by atoms with Crippen molar-refractivity contribution in [2.75, 3.05) is 6.61 Å². The van der Waals surface area contributed by atoms with E-state index in [1.54, 1.807) is 41.5 Å². The van der Waals surface area contributed by atoms with Crippen molar-refractivity contribution < 1.29 is 46.3 Å². The predicted octanol–water partition coefficient (Wildman–Crippen LogP) is 1.94. The van der Waals surface area contributed by atoms with Crippen LogP contribution < -0.4 is 0 Å². The average Bonchev–Trinajstić information content (AvgIpc) is 2.01. The summed E-state index contributed by atoms with van der Waals surface area (Å²) < 4.78 is 0. The quantitative estimate of drug-likeness (QED) is 0.503. The van der Waals surface area contributed by atoms with Crippen molar-refractivity contribution in [3.8, 4) is 0 Å². The Morgan fingerprint density at radius 2 is 0.889 bits per heavy atom. The van der Waals surface area contributed by atoms with E-state index in [0.717, 1.165) is 12.8 Å². The Bertz CT molecular complexity index is 74.5. The van der Waals surface area contributed by atoms with Crippen LogP contribution in [0.25, 0.3) is 0 Å². The molecular formula is C13H34HfO4. The van der Waals surface area contributed by atoms with Gasteiger partial charge in [-0.25, -0.2) is 0 Å². The van der Waals surface area contributed by atoms with Crippen LogP contribution in [0.15, 0.2) is 0 Å². The molecule has 0 aromatic heterocycles. The van der Waals surface area contributed by atoms with E-state index in [-0.39, 0.29) is 44.2 Å². The van der Waals surface area contributed by atoms with Crippen LogP contribution in [0.4, 0.5) is 0 Å². The molecule has 0 spiro atoms. The molecule has 0 aliphatic carbocycles. The van der Waals surface area contributed by atoms with Crippen LogP contribution in [0, 0.1) is 0 Å². The van der Waals surface area contributed by atoms with Gasteiger partial charge in [0.25, 0.3) is 0 Å². The fraction of sp³-hybridized carbons (Fsp3) is 1.00. The van der Waals surface area contributed by atoms with Gasteiger partial charge < -0.3 is 20.4 Å². The van der Waals surface area contributed by atoms with Crippen LogP contribution in [0.5, 0.6) is 0 Å². The number of hydrogen-bond acceptors (Lipinski definition) is 4. The summed E-state index contributed by atoms with van der Waals surface area (Å²) in [5, 5.41) is 32.2. The maximum atomic E-state index is 8.07. The molecular weight excluding hydrogens is 399 g/mol. The predicted molar refractivity (Wildman–Crippen MR) is 74.1 cm³/mol. The largest absolute Gasteiger partial charge is 0.396 e. The molecule has 4 N–H and O–H groups in total. The Balaban J connectivity index is -0.0000000412. The molecule has 0 saturated heterocycles. The van der Waals surface area contributed by atoms with Crippen LogP contribution >= 0.6 is 0 Å². The van der Waals surface area contributed by atoms with Crippen LogP contribution in [-0.2, 0) is 25.8 Å². The number of aliphatic hydroxyl groups is 4. The molecule has 0 atom stereocenters. The molecule has 0 amide bonds. The number of rotatable bonds is 2. The normalized spacial score (nSPS) is 8.33. The topological polar surface area (TPSA) is 80.9 Å². The Hall–Kier alpha value is 0.710. The molecule has 114 valence electrons. The second-order valence-corrected chi connectivity index (χ2v) is 4.36. The first-order valence-electron chi connectivity index (χ1n) is 6.26. The second kappa shape index (κ2) is 30.6. The fourth-order valence-electron chi connectivity index (χ4n) is 0.158. The van der Waals surface area contributed by atoms with Crippen molar-refractivity contribution >= 4 is 0 Å². The van der Waals surface area contributed by atoms with E-state index in [9.17, 15) is 0 Å². The van der Waals surface area contributed by atoms with Gasteiger partial charge in [0, 0.05) is 50.8 Å². The van der Waals surface area contributed by atoms with Crippen molar-refractivity contribution in [1.82, 2.24) is 0 Å². The Labute approximate surface area is 132 Å². The standard InChI is InChI=1S/C4H10O.3C3H8O.Hf/c1-2-3-4-5;3*1-3(2)4;/h5H,2-4H2,1H3;3*3-4H,1-2H3;. The first-order chi connectivity index (χ1) is 7.61. The minimum absolute atomic E-state index is 0. The molecule has 0 saturated carbocycles. The third-order valence-electron chi connectivity index (χ3n) is 0.512. The van der Waals surface area contributed by atoms with E-state index in [1.807, 2.05) is 0 Å². The Kier molecular flexibility index (Phi) is 53.1. The monoisotopic (exact) mass is 434 g/mol. The minimum Gasteiger partial charge on any atom is -0.396 e. The van der Waals surface area contributed by atoms with Crippen LogP contribution in [-0.4, -0.2) is 45.3 Å². The van der Waals surface area contributed by atoms with Gasteiger partial charge in [-0.3, -0.25) is 0 Å². The molecule has 0 aromatic rings. The van der Waals surface area contributed by atoms with E-state index in [2.05, 4.69) is 6.92 Å².